The standard InChI is InChI=1S/C11H23N3/c12-6-1-7-14-9-11-4-2-10(8-13)3-5-11/h2,4,10-11,14H,1,3,5-9,12-13H2. The van der Waals surface area contributed by atoms with Gasteiger partial charge >= 0.3 is 0 Å². The summed E-state index contributed by atoms with van der Waals surface area (Å²) in [6.07, 6.45) is 8.18. The van der Waals surface area contributed by atoms with E-state index in [1.807, 2.05) is 0 Å². The second-order valence-corrected chi connectivity index (χ2v) is 4.06. The first-order chi connectivity index (χ1) is 6.86. The quantitative estimate of drug-likeness (QED) is 0.428. The fourth-order valence-electron chi connectivity index (χ4n) is 1.82. The van der Waals surface area contributed by atoms with E-state index in [1.165, 1.54) is 12.8 Å². The van der Waals surface area contributed by atoms with Gasteiger partial charge in [0.1, 0.15) is 0 Å². The van der Waals surface area contributed by atoms with Crippen LogP contribution in [0, 0.1) is 11.8 Å². The molecule has 5 N–H and O–H groups in total. The van der Waals surface area contributed by atoms with E-state index in [4.69, 9.17) is 11.5 Å². The molecule has 0 bridgehead atoms. The number of nitrogens with one attached hydrogen (secondary N) is 1. The van der Waals surface area contributed by atoms with Crippen molar-refractivity contribution in [3.8, 4) is 0 Å². The minimum Gasteiger partial charge on any atom is -0.330 e. The van der Waals surface area contributed by atoms with Crippen molar-refractivity contribution >= 4 is 0 Å². The Morgan fingerprint density at radius 3 is 2.43 bits per heavy atom. The predicted molar refractivity (Wildman–Crippen MR) is 60.9 cm³/mol. The summed E-state index contributed by atoms with van der Waals surface area (Å²) in [5.41, 5.74) is 11.0. The topological polar surface area (TPSA) is 64.1 Å². The van der Waals surface area contributed by atoms with Gasteiger partial charge in [-0.1, -0.05) is 12.2 Å². The van der Waals surface area contributed by atoms with Crippen LogP contribution in [0.25, 0.3) is 0 Å². The first-order valence-corrected chi connectivity index (χ1v) is 5.66. The fraction of sp³-hybridized carbons (Fsp3) is 0.818. The molecule has 1 aliphatic rings. The van der Waals surface area contributed by atoms with Crippen LogP contribution in [-0.4, -0.2) is 26.2 Å². The van der Waals surface area contributed by atoms with E-state index in [0.29, 0.717) is 11.8 Å². The summed E-state index contributed by atoms with van der Waals surface area (Å²) in [5.74, 6) is 1.32. The Morgan fingerprint density at radius 1 is 1.14 bits per heavy atom. The van der Waals surface area contributed by atoms with Crippen molar-refractivity contribution in [2.75, 3.05) is 26.2 Å². The van der Waals surface area contributed by atoms with E-state index in [0.717, 1.165) is 32.6 Å². The molecule has 0 spiro atoms. The van der Waals surface area contributed by atoms with Crippen molar-refractivity contribution in [2.45, 2.75) is 19.3 Å². The molecule has 82 valence electrons. The average Bonchev–Trinajstić information content (AvgIpc) is 2.25. The molecule has 0 saturated heterocycles. The van der Waals surface area contributed by atoms with Gasteiger partial charge in [-0.15, -0.1) is 0 Å². The SMILES string of the molecule is NCCCNCC1C=CC(CN)CC1. The first-order valence-electron chi connectivity index (χ1n) is 5.66. The zero-order valence-corrected chi connectivity index (χ0v) is 8.91. The number of hydrogen-bond donors (Lipinski definition) is 3. The Kier molecular flexibility index (Phi) is 5.83. The average molecular weight is 197 g/mol. The summed E-state index contributed by atoms with van der Waals surface area (Å²) in [6, 6.07) is 0. The lowest BCUT2D eigenvalue weighted by atomic mass is 9.88. The lowest BCUT2D eigenvalue weighted by Crippen LogP contribution is -2.27. The molecule has 0 saturated carbocycles. The maximum Gasteiger partial charge on any atom is 0.00142 e. The number of rotatable bonds is 6. The zero-order valence-electron chi connectivity index (χ0n) is 8.91. The van der Waals surface area contributed by atoms with E-state index in [2.05, 4.69) is 17.5 Å². The molecule has 0 radical (unpaired) electrons. The number of nitrogens with two attached hydrogens (primary N) is 2. The molecular weight excluding hydrogens is 174 g/mol. The Hall–Kier alpha value is -0.380. The predicted octanol–water partition coefficient (Wildman–Crippen LogP) is 0.466. The molecular formula is C11H23N3. The molecule has 0 aliphatic heterocycles. The third-order valence-corrected chi connectivity index (χ3v) is 2.83. The summed E-state index contributed by atoms with van der Waals surface area (Å²) in [7, 11) is 0. The summed E-state index contributed by atoms with van der Waals surface area (Å²) in [6.45, 7) is 3.71. The van der Waals surface area contributed by atoms with Crippen LogP contribution in [-0.2, 0) is 0 Å². The van der Waals surface area contributed by atoms with Crippen molar-refractivity contribution in [3.63, 3.8) is 0 Å². The van der Waals surface area contributed by atoms with Crippen LogP contribution in [0.3, 0.4) is 0 Å². The monoisotopic (exact) mass is 197 g/mol. The molecule has 0 aromatic heterocycles. The van der Waals surface area contributed by atoms with E-state index in [-0.39, 0.29) is 0 Å². The molecule has 1 rings (SSSR count). The van der Waals surface area contributed by atoms with E-state index in [9.17, 15) is 0 Å². The second-order valence-electron chi connectivity index (χ2n) is 4.06. The largest absolute Gasteiger partial charge is 0.330 e. The highest BCUT2D eigenvalue weighted by Gasteiger charge is 2.13. The molecule has 2 unspecified atom stereocenters. The molecule has 2 atom stereocenters. The fourth-order valence-corrected chi connectivity index (χ4v) is 1.82. The third kappa shape index (κ3) is 4.22. The normalized spacial score (nSPS) is 26.7. The summed E-state index contributed by atoms with van der Waals surface area (Å²) < 4.78 is 0. The Labute approximate surface area is 86.9 Å². The summed E-state index contributed by atoms with van der Waals surface area (Å²) in [5, 5.41) is 3.43. The van der Waals surface area contributed by atoms with Crippen molar-refractivity contribution in [3.05, 3.63) is 12.2 Å². The van der Waals surface area contributed by atoms with Crippen molar-refractivity contribution < 1.29 is 0 Å². The Balaban J connectivity index is 2.09. The van der Waals surface area contributed by atoms with Crippen molar-refractivity contribution in [1.29, 1.82) is 0 Å². The molecule has 3 nitrogen and oxygen atoms in total. The van der Waals surface area contributed by atoms with Crippen LogP contribution >= 0.6 is 0 Å². The van der Waals surface area contributed by atoms with Crippen molar-refractivity contribution in [1.82, 2.24) is 5.32 Å². The van der Waals surface area contributed by atoms with Crippen LogP contribution in [0.2, 0.25) is 0 Å². The van der Waals surface area contributed by atoms with Crippen LogP contribution in [0.1, 0.15) is 19.3 Å². The third-order valence-electron chi connectivity index (χ3n) is 2.83. The first kappa shape index (κ1) is 11.7. The van der Waals surface area contributed by atoms with Gasteiger partial charge in [-0.3, -0.25) is 0 Å². The molecule has 3 heteroatoms. The van der Waals surface area contributed by atoms with E-state index < -0.39 is 0 Å². The van der Waals surface area contributed by atoms with Gasteiger partial charge in [-0.05, 0) is 50.7 Å². The van der Waals surface area contributed by atoms with Gasteiger partial charge in [0.25, 0.3) is 0 Å². The molecule has 0 heterocycles. The maximum atomic E-state index is 5.61. The highest BCUT2D eigenvalue weighted by Crippen LogP contribution is 2.20. The van der Waals surface area contributed by atoms with Crippen LogP contribution < -0.4 is 16.8 Å². The van der Waals surface area contributed by atoms with Gasteiger partial charge in [-0.25, -0.2) is 0 Å². The zero-order chi connectivity index (χ0) is 10.2. The lowest BCUT2D eigenvalue weighted by Gasteiger charge is -2.21. The van der Waals surface area contributed by atoms with E-state index >= 15 is 0 Å². The Morgan fingerprint density at radius 2 is 1.86 bits per heavy atom. The van der Waals surface area contributed by atoms with E-state index in [1.54, 1.807) is 0 Å². The van der Waals surface area contributed by atoms with Gasteiger partial charge in [-0.2, -0.15) is 0 Å². The highest BCUT2D eigenvalue weighted by atomic mass is 14.9. The summed E-state index contributed by atoms with van der Waals surface area (Å²) in [4.78, 5) is 0. The molecule has 0 amide bonds. The van der Waals surface area contributed by atoms with Gasteiger partial charge in [0, 0.05) is 6.54 Å². The molecule has 0 fully saturated rings. The lowest BCUT2D eigenvalue weighted by molar-refractivity contribution is 0.437. The Bertz CT molecular complexity index is 168. The van der Waals surface area contributed by atoms with Crippen LogP contribution in [0.4, 0.5) is 0 Å². The minimum atomic E-state index is 0.621. The molecule has 0 aromatic rings. The summed E-state index contributed by atoms with van der Waals surface area (Å²) >= 11 is 0. The molecule has 1 aliphatic carbocycles. The number of hydrogen-bond acceptors (Lipinski definition) is 3. The smallest absolute Gasteiger partial charge is 0.00142 e. The maximum absolute atomic E-state index is 5.61. The second kappa shape index (κ2) is 6.98. The van der Waals surface area contributed by atoms with Gasteiger partial charge < -0.3 is 16.8 Å². The molecule has 14 heavy (non-hydrogen) atoms. The minimum absolute atomic E-state index is 0.621. The highest BCUT2D eigenvalue weighted by molar-refractivity contribution is 4.98. The van der Waals surface area contributed by atoms with Crippen molar-refractivity contribution in [2.24, 2.45) is 23.3 Å². The van der Waals surface area contributed by atoms with Gasteiger partial charge in [0.15, 0.2) is 0 Å². The van der Waals surface area contributed by atoms with Crippen LogP contribution in [0.5, 0.6) is 0 Å². The van der Waals surface area contributed by atoms with Gasteiger partial charge in [0.05, 0.1) is 0 Å². The van der Waals surface area contributed by atoms with Gasteiger partial charge in [0.2, 0.25) is 0 Å². The molecule has 0 aromatic carbocycles. The van der Waals surface area contributed by atoms with Crippen LogP contribution in [0.15, 0.2) is 12.2 Å².